The van der Waals surface area contributed by atoms with Crippen molar-refractivity contribution in [2.45, 2.75) is 6.92 Å². The molecule has 0 aliphatic carbocycles. The van der Waals surface area contributed by atoms with Crippen LogP contribution in [0, 0.1) is 6.92 Å². The fourth-order valence-corrected chi connectivity index (χ4v) is 2.26. The van der Waals surface area contributed by atoms with Gasteiger partial charge in [-0.25, -0.2) is 4.99 Å². The van der Waals surface area contributed by atoms with E-state index in [-0.39, 0.29) is 0 Å². The standard InChI is InChI=1S/C18H15ClN2O/c1-12-3-2-4-15(11-12)21-18(20)17-10-9-16(22-17)13-5-7-14(19)8-6-13/h2-11H,1H3,(H2,20,21). The minimum Gasteiger partial charge on any atom is -0.453 e. The minimum absolute atomic E-state index is 0.353. The van der Waals surface area contributed by atoms with Crippen molar-refractivity contribution in [1.29, 1.82) is 0 Å². The molecule has 22 heavy (non-hydrogen) atoms. The number of aryl methyl sites for hydroxylation is 1. The lowest BCUT2D eigenvalue weighted by molar-refractivity contribution is 0.571. The third kappa shape index (κ3) is 3.21. The van der Waals surface area contributed by atoms with Crippen LogP contribution in [0.5, 0.6) is 0 Å². The SMILES string of the molecule is Cc1cccc(N=C(N)c2ccc(-c3ccc(Cl)cc3)o2)c1. The van der Waals surface area contributed by atoms with Crippen LogP contribution in [0.15, 0.2) is 70.1 Å². The van der Waals surface area contributed by atoms with Crippen LogP contribution in [-0.2, 0) is 0 Å². The maximum Gasteiger partial charge on any atom is 0.169 e. The van der Waals surface area contributed by atoms with E-state index in [4.69, 9.17) is 21.8 Å². The molecule has 0 aliphatic heterocycles. The van der Waals surface area contributed by atoms with Gasteiger partial charge in [-0.1, -0.05) is 23.7 Å². The largest absolute Gasteiger partial charge is 0.453 e. The van der Waals surface area contributed by atoms with Crippen LogP contribution < -0.4 is 5.73 Å². The Morgan fingerprint density at radius 2 is 1.82 bits per heavy atom. The van der Waals surface area contributed by atoms with Gasteiger partial charge in [0.2, 0.25) is 0 Å². The van der Waals surface area contributed by atoms with E-state index >= 15 is 0 Å². The van der Waals surface area contributed by atoms with Crippen molar-refractivity contribution in [3.63, 3.8) is 0 Å². The summed E-state index contributed by atoms with van der Waals surface area (Å²) in [4.78, 5) is 4.39. The summed E-state index contributed by atoms with van der Waals surface area (Å²) in [5, 5.41) is 0.691. The van der Waals surface area contributed by atoms with Gasteiger partial charge in [-0.2, -0.15) is 0 Å². The molecular weight excluding hydrogens is 296 g/mol. The van der Waals surface area contributed by atoms with Gasteiger partial charge in [-0.05, 0) is 61.0 Å². The van der Waals surface area contributed by atoms with Crippen LogP contribution in [-0.4, -0.2) is 5.84 Å². The Labute approximate surface area is 134 Å². The summed E-state index contributed by atoms with van der Waals surface area (Å²) in [6.07, 6.45) is 0. The Balaban J connectivity index is 1.88. The van der Waals surface area contributed by atoms with E-state index in [1.807, 2.05) is 67.6 Å². The first-order chi connectivity index (χ1) is 10.6. The zero-order valence-corrected chi connectivity index (χ0v) is 12.8. The molecule has 0 unspecified atom stereocenters. The fraction of sp³-hybridized carbons (Fsp3) is 0.0556. The third-order valence-electron chi connectivity index (χ3n) is 3.24. The summed E-state index contributed by atoms with van der Waals surface area (Å²) >= 11 is 5.89. The quantitative estimate of drug-likeness (QED) is 0.550. The van der Waals surface area contributed by atoms with E-state index in [9.17, 15) is 0 Å². The number of nitrogens with zero attached hydrogens (tertiary/aromatic N) is 1. The Morgan fingerprint density at radius 3 is 2.55 bits per heavy atom. The summed E-state index contributed by atoms with van der Waals surface area (Å²) < 4.78 is 5.77. The maximum atomic E-state index is 6.03. The lowest BCUT2D eigenvalue weighted by Gasteiger charge is -2.00. The minimum atomic E-state index is 0.353. The Morgan fingerprint density at radius 1 is 1.05 bits per heavy atom. The van der Waals surface area contributed by atoms with E-state index in [1.54, 1.807) is 0 Å². The molecule has 0 saturated heterocycles. The maximum absolute atomic E-state index is 6.03. The number of hydrogen-bond acceptors (Lipinski definition) is 2. The summed E-state index contributed by atoms with van der Waals surface area (Å²) in [7, 11) is 0. The van der Waals surface area contributed by atoms with Gasteiger partial charge in [-0.15, -0.1) is 0 Å². The summed E-state index contributed by atoms with van der Waals surface area (Å²) in [5.74, 6) is 1.63. The van der Waals surface area contributed by atoms with Crippen LogP contribution in [0.4, 0.5) is 5.69 Å². The summed E-state index contributed by atoms with van der Waals surface area (Å²) in [6.45, 7) is 2.01. The lowest BCUT2D eigenvalue weighted by Crippen LogP contribution is -2.11. The molecule has 0 aliphatic rings. The molecule has 2 aromatic carbocycles. The zero-order chi connectivity index (χ0) is 15.5. The number of nitrogens with two attached hydrogens (primary N) is 1. The first-order valence-corrected chi connectivity index (χ1v) is 7.26. The van der Waals surface area contributed by atoms with Crippen molar-refractivity contribution in [2.75, 3.05) is 0 Å². The fourth-order valence-electron chi connectivity index (χ4n) is 2.14. The van der Waals surface area contributed by atoms with Gasteiger partial charge in [0.05, 0.1) is 5.69 Å². The Hall–Kier alpha value is -2.52. The van der Waals surface area contributed by atoms with Crippen molar-refractivity contribution in [1.82, 2.24) is 0 Å². The molecule has 1 heterocycles. The zero-order valence-electron chi connectivity index (χ0n) is 12.1. The van der Waals surface area contributed by atoms with Crippen molar-refractivity contribution in [3.8, 4) is 11.3 Å². The Kier molecular flexibility index (Phi) is 3.98. The summed E-state index contributed by atoms with van der Waals surface area (Å²) in [5.41, 5.74) is 8.91. The number of rotatable bonds is 3. The average Bonchev–Trinajstić information content (AvgIpc) is 2.98. The summed E-state index contributed by atoms with van der Waals surface area (Å²) in [6, 6.07) is 19.0. The van der Waals surface area contributed by atoms with E-state index in [0.717, 1.165) is 22.6 Å². The predicted molar refractivity (Wildman–Crippen MR) is 90.7 cm³/mol. The van der Waals surface area contributed by atoms with Gasteiger partial charge < -0.3 is 10.2 Å². The molecule has 0 atom stereocenters. The number of aliphatic imine (C=N–C) groups is 1. The van der Waals surface area contributed by atoms with E-state index in [0.29, 0.717) is 16.6 Å². The van der Waals surface area contributed by atoms with Crippen molar-refractivity contribution in [2.24, 2.45) is 10.7 Å². The molecule has 2 N–H and O–H groups in total. The molecule has 0 fully saturated rings. The molecule has 3 aromatic rings. The molecule has 0 spiro atoms. The molecule has 0 bridgehead atoms. The average molecular weight is 311 g/mol. The van der Waals surface area contributed by atoms with Crippen LogP contribution in [0.25, 0.3) is 11.3 Å². The topological polar surface area (TPSA) is 51.5 Å². The second-order valence-electron chi connectivity index (χ2n) is 5.01. The predicted octanol–water partition coefficient (Wildman–Crippen LogP) is 4.95. The van der Waals surface area contributed by atoms with Crippen molar-refractivity contribution < 1.29 is 4.42 Å². The highest BCUT2D eigenvalue weighted by Crippen LogP contribution is 2.24. The second kappa shape index (κ2) is 6.08. The molecular formula is C18H15ClN2O. The first kappa shape index (κ1) is 14.4. The van der Waals surface area contributed by atoms with Crippen LogP contribution >= 0.6 is 11.6 Å². The van der Waals surface area contributed by atoms with Crippen molar-refractivity contribution >= 4 is 23.1 Å². The normalized spacial score (nSPS) is 11.6. The van der Waals surface area contributed by atoms with Gasteiger partial charge >= 0.3 is 0 Å². The first-order valence-electron chi connectivity index (χ1n) is 6.89. The van der Waals surface area contributed by atoms with E-state index < -0.39 is 0 Å². The van der Waals surface area contributed by atoms with Crippen LogP contribution in [0.2, 0.25) is 5.02 Å². The number of halogens is 1. The monoisotopic (exact) mass is 310 g/mol. The molecule has 0 saturated carbocycles. The molecule has 0 radical (unpaired) electrons. The number of furan rings is 1. The van der Waals surface area contributed by atoms with Gasteiger partial charge in [0.1, 0.15) is 5.76 Å². The molecule has 3 rings (SSSR count). The number of benzene rings is 2. The van der Waals surface area contributed by atoms with E-state index in [1.165, 1.54) is 0 Å². The third-order valence-corrected chi connectivity index (χ3v) is 3.49. The molecule has 110 valence electrons. The molecule has 1 aromatic heterocycles. The number of amidine groups is 1. The lowest BCUT2D eigenvalue weighted by atomic mass is 10.2. The van der Waals surface area contributed by atoms with Crippen molar-refractivity contribution in [3.05, 3.63) is 77.0 Å². The van der Waals surface area contributed by atoms with Crippen LogP contribution in [0.3, 0.4) is 0 Å². The van der Waals surface area contributed by atoms with Gasteiger partial charge in [0.25, 0.3) is 0 Å². The molecule has 3 nitrogen and oxygen atoms in total. The molecule has 0 amide bonds. The highest BCUT2D eigenvalue weighted by Gasteiger charge is 2.08. The highest BCUT2D eigenvalue weighted by atomic mass is 35.5. The molecule has 4 heteroatoms. The Bertz CT molecular complexity index is 819. The number of hydrogen-bond donors (Lipinski definition) is 1. The van der Waals surface area contributed by atoms with Gasteiger partial charge in [0.15, 0.2) is 11.6 Å². The highest BCUT2D eigenvalue weighted by molar-refractivity contribution is 6.30. The van der Waals surface area contributed by atoms with E-state index in [2.05, 4.69) is 4.99 Å². The van der Waals surface area contributed by atoms with Gasteiger partial charge in [0, 0.05) is 10.6 Å². The van der Waals surface area contributed by atoms with Crippen LogP contribution in [0.1, 0.15) is 11.3 Å². The van der Waals surface area contributed by atoms with Gasteiger partial charge in [-0.3, -0.25) is 0 Å². The second-order valence-corrected chi connectivity index (χ2v) is 5.44. The smallest absolute Gasteiger partial charge is 0.169 e.